The molecule has 44 heavy (non-hydrogen) atoms. The Bertz CT molecular complexity index is 1500. The Kier molecular flexibility index (Phi) is 11.1. The van der Waals surface area contributed by atoms with Crippen molar-refractivity contribution in [2.75, 3.05) is 56.4 Å². The van der Waals surface area contributed by atoms with Gasteiger partial charge in [-0.3, -0.25) is 14.5 Å². The van der Waals surface area contributed by atoms with Crippen molar-refractivity contribution in [3.05, 3.63) is 89.1 Å². The van der Waals surface area contributed by atoms with E-state index in [1.165, 1.54) is 6.42 Å². The van der Waals surface area contributed by atoms with Crippen LogP contribution in [0.15, 0.2) is 73.0 Å². The van der Waals surface area contributed by atoms with Gasteiger partial charge >= 0.3 is 0 Å². The number of hydrogen-bond acceptors (Lipinski definition) is 7. The Balaban J connectivity index is 1.06. The topological polar surface area (TPSA) is 102 Å². The van der Waals surface area contributed by atoms with Gasteiger partial charge in [0.25, 0.3) is 5.91 Å². The van der Waals surface area contributed by atoms with Crippen molar-refractivity contribution in [1.29, 1.82) is 0 Å². The van der Waals surface area contributed by atoms with Crippen LogP contribution in [0.3, 0.4) is 0 Å². The summed E-state index contributed by atoms with van der Waals surface area (Å²) in [5.41, 5.74) is 4.17. The fourth-order valence-corrected chi connectivity index (χ4v) is 5.52. The number of halogens is 1. The molecular formula is C34H40ClN7O2. The molecule has 2 aliphatic rings. The average molecular weight is 614 g/mol. The number of carbonyl (C=O) groups is 2. The summed E-state index contributed by atoms with van der Waals surface area (Å²) in [6, 6.07) is 12.6. The molecule has 0 radical (unpaired) electrons. The highest BCUT2D eigenvalue weighted by molar-refractivity contribution is 6.31. The second kappa shape index (κ2) is 15.6. The summed E-state index contributed by atoms with van der Waals surface area (Å²) in [5, 5.41) is 9.68. The predicted octanol–water partition coefficient (Wildman–Crippen LogP) is 5.69. The van der Waals surface area contributed by atoms with Crippen molar-refractivity contribution in [1.82, 2.24) is 25.1 Å². The highest BCUT2D eigenvalue weighted by Gasteiger charge is 2.21. The lowest BCUT2D eigenvalue weighted by Gasteiger charge is -2.34. The van der Waals surface area contributed by atoms with Crippen LogP contribution in [0.4, 0.5) is 17.3 Å². The van der Waals surface area contributed by atoms with Gasteiger partial charge in [0.2, 0.25) is 11.9 Å². The maximum atomic E-state index is 12.8. The Labute approximate surface area is 264 Å². The molecule has 1 saturated heterocycles. The molecular weight excluding hydrogens is 574 g/mol. The van der Waals surface area contributed by atoms with Gasteiger partial charge < -0.3 is 20.9 Å². The SMILES string of the molecule is CC/C=C\C=C/CCCN1CCN(CCNC(=O)c2ccc(Nc3ncc4c(n3)-c3ccc(Cl)cc3NC(=O)C4)cc2)CC1. The van der Waals surface area contributed by atoms with Gasteiger partial charge in [-0.1, -0.05) is 42.8 Å². The number of amides is 2. The lowest BCUT2D eigenvalue weighted by molar-refractivity contribution is -0.115. The van der Waals surface area contributed by atoms with E-state index in [9.17, 15) is 9.59 Å². The third kappa shape index (κ3) is 8.75. The van der Waals surface area contributed by atoms with E-state index in [-0.39, 0.29) is 18.2 Å². The summed E-state index contributed by atoms with van der Waals surface area (Å²) in [6.07, 6.45) is 13.9. The quantitative estimate of drug-likeness (QED) is 0.178. The summed E-state index contributed by atoms with van der Waals surface area (Å²) in [7, 11) is 0. The maximum absolute atomic E-state index is 12.8. The van der Waals surface area contributed by atoms with Gasteiger partial charge in [0, 0.05) is 72.9 Å². The number of unbranched alkanes of at least 4 members (excludes halogenated alkanes) is 1. The number of hydrogen-bond donors (Lipinski definition) is 3. The van der Waals surface area contributed by atoms with E-state index in [1.54, 1.807) is 30.5 Å². The van der Waals surface area contributed by atoms with Crippen LogP contribution in [0.2, 0.25) is 5.02 Å². The van der Waals surface area contributed by atoms with E-state index in [2.05, 4.69) is 62.0 Å². The number of anilines is 3. The highest BCUT2D eigenvalue weighted by Crippen LogP contribution is 2.34. The van der Waals surface area contributed by atoms with Crippen LogP contribution in [0.25, 0.3) is 11.3 Å². The summed E-state index contributed by atoms with van der Waals surface area (Å²) in [5.74, 6) is 0.164. The molecule has 0 spiro atoms. The number of rotatable bonds is 12. The molecule has 1 fully saturated rings. The number of fused-ring (bicyclic) bond motifs is 3. The summed E-state index contributed by atoms with van der Waals surface area (Å²) >= 11 is 6.15. The number of benzene rings is 2. The monoisotopic (exact) mass is 613 g/mol. The zero-order chi connectivity index (χ0) is 30.7. The third-order valence-electron chi connectivity index (χ3n) is 7.77. The molecule has 0 atom stereocenters. The molecule has 1 aromatic heterocycles. The molecule has 5 rings (SSSR count). The minimum atomic E-state index is -0.140. The van der Waals surface area contributed by atoms with Crippen LogP contribution in [0.5, 0.6) is 0 Å². The number of piperazine rings is 1. The molecule has 0 unspecified atom stereocenters. The highest BCUT2D eigenvalue weighted by atomic mass is 35.5. The van der Waals surface area contributed by atoms with Crippen molar-refractivity contribution in [3.63, 3.8) is 0 Å². The van der Waals surface area contributed by atoms with Gasteiger partial charge in [0.15, 0.2) is 0 Å². The fourth-order valence-electron chi connectivity index (χ4n) is 5.35. The van der Waals surface area contributed by atoms with Crippen molar-refractivity contribution in [2.45, 2.75) is 32.6 Å². The first kappa shape index (κ1) is 31.4. The molecule has 3 heterocycles. The molecule has 0 bridgehead atoms. The first-order chi connectivity index (χ1) is 21.5. The van der Waals surface area contributed by atoms with Crippen LogP contribution in [-0.2, 0) is 11.2 Å². The Morgan fingerprint density at radius 3 is 2.55 bits per heavy atom. The zero-order valence-electron chi connectivity index (χ0n) is 25.2. The molecule has 0 saturated carbocycles. The number of allylic oxidation sites excluding steroid dienone is 4. The Morgan fingerprint density at radius 2 is 1.77 bits per heavy atom. The van der Waals surface area contributed by atoms with Gasteiger partial charge in [0.1, 0.15) is 0 Å². The number of carbonyl (C=O) groups excluding carboxylic acids is 2. The third-order valence-corrected chi connectivity index (χ3v) is 8.01. The Hall–Kier alpha value is -4.05. The maximum Gasteiger partial charge on any atom is 0.251 e. The van der Waals surface area contributed by atoms with E-state index in [0.29, 0.717) is 34.5 Å². The molecule has 0 aliphatic carbocycles. The zero-order valence-corrected chi connectivity index (χ0v) is 25.9. The van der Waals surface area contributed by atoms with E-state index in [0.717, 1.165) is 68.9 Å². The van der Waals surface area contributed by atoms with Crippen LogP contribution in [0.1, 0.15) is 42.1 Å². The summed E-state index contributed by atoms with van der Waals surface area (Å²) < 4.78 is 0. The molecule has 2 aliphatic heterocycles. The van der Waals surface area contributed by atoms with Gasteiger partial charge in [-0.05, 0) is 68.3 Å². The molecule has 10 heteroatoms. The average Bonchev–Trinajstić information content (AvgIpc) is 3.16. The minimum Gasteiger partial charge on any atom is -0.351 e. The van der Waals surface area contributed by atoms with Crippen molar-refractivity contribution >= 4 is 40.7 Å². The Morgan fingerprint density at radius 1 is 1.02 bits per heavy atom. The first-order valence-electron chi connectivity index (χ1n) is 15.4. The van der Waals surface area contributed by atoms with Crippen LogP contribution >= 0.6 is 11.6 Å². The van der Waals surface area contributed by atoms with Gasteiger partial charge in [-0.15, -0.1) is 0 Å². The van der Waals surface area contributed by atoms with E-state index in [1.807, 2.05) is 18.2 Å². The molecule has 230 valence electrons. The second-order valence-electron chi connectivity index (χ2n) is 11.0. The number of aromatic nitrogens is 2. The molecule has 2 amide bonds. The van der Waals surface area contributed by atoms with E-state index >= 15 is 0 Å². The van der Waals surface area contributed by atoms with Gasteiger partial charge in [-0.25, -0.2) is 9.97 Å². The fraction of sp³-hybridized carbons (Fsp3) is 0.353. The number of nitrogens with one attached hydrogen (secondary N) is 3. The predicted molar refractivity (Wildman–Crippen MR) is 178 cm³/mol. The smallest absolute Gasteiger partial charge is 0.251 e. The summed E-state index contributed by atoms with van der Waals surface area (Å²) in [6.45, 7) is 8.95. The first-order valence-corrected chi connectivity index (χ1v) is 15.7. The summed E-state index contributed by atoms with van der Waals surface area (Å²) in [4.78, 5) is 39.2. The van der Waals surface area contributed by atoms with Crippen LogP contribution in [0, 0.1) is 0 Å². The molecule has 3 aromatic rings. The lowest BCUT2D eigenvalue weighted by atomic mass is 10.1. The lowest BCUT2D eigenvalue weighted by Crippen LogP contribution is -2.48. The van der Waals surface area contributed by atoms with E-state index in [4.69, 9.17) is 16.6 Å². The van der Waals surface area contributed by atoms with Gasteiger partial charge in [-0.2, -0.15) is 0 Å². The van der Waals surface area contributed by atoms with Gasteiger partial charge in [0.05, 0.1) is 17.8 Å². The normalized spacial score (nSPS) is 15.5. The van der Waals surface area contributed by atoms with Crippen LogP contribution in [-0.4, -0.2) is 77.4 Å². The molecule has 2 aromatic carbocycles. The minimum absolute atomic E-state index is 0.0919. The second-order valence-corrected chi connectivity index (χ2v) is 11.5. The van der Waals surface area contributed by atoms with Crippen molar-refractivity contribution < 1.29 is 9.59 Å². The molecule has 9 nitrogen and oxygen atoms in total. The van der Waals surface area contributed by atoms with Crippen LogP contribution < -0.4 is 16.0 Å². The number of nitrogens with zero attached hydrogens (tertiary/aromatic N) is 4. The standard InChI is InChI=1S/C34H40ClN7O2/c1-2-3-4-5-6-7-8-16-41-18-20-42(21-19-41)17-15-36-33(44)25-9-12-28(13-10-25)38-34-37-24-26-22-31(43)39-30-23-27(35)11-14-29(30)32(26)40-34/h3-6,9-14,23-24H,2,7-8,15-22H2,1H3,(H,36,44)(H,39,43)(H,37,38,40)/b4-3-,6-5-. The largest absolute Gasteiger partial charge is 0.351 e. The van der Waals surface area contributed by atoms with Crippen molar-refractivity contribution in [3.8, 4) is 11.3 Å². The van der Waals surface area contributed by atoms with Crippen molar-refractivity contribution in [2.24, 2.45) is 0 Å². The molecule has 3 N–H and O–H groups in total. The van der Waals surface area contributed by atoms with E-state index < -0.39 is 0 Å².